The molecule has 0 saturated carbocycles. The van der Waals surface area contributed by atoms with Crippen LogP contribution in [-0.2, 0) is 28.5 Å². The molecule has 1 rings (SSSR count). The molecule has 0 N–H and O–H groups in total. The van der Waals surface area contributed by atoms with Crippen LogP contribution in [0.2, 0.25) is 0 Å². The molecule has 0 aromatic rings. The van der Waals surface area contributed by atoms with E-state index in [-0.39, 0.29) is 6.10 Å². The van der Waals surface area contributed by atoms with Gasteiger partial charge in [-0.2, -0.15) is 0 Å². The minimum absolute atomic E-state index is 0.373. The number of carbonyl (C=O) groups excluding carboxylic acids is 2. The van der Waals surface area contributed by atoms with E-state index in [2.05, 4.69) is 10.0 Å². The lowest BCUT2D eigenvalue weighted by molar-refractivity contribution is -0.188. The zero-order valence-corrected chi connectivity index (χ0v) is 15.1. The van der Waals surface area contributed by atoms with E-state index in [4.69, 9.17) is 24.5 Å². The van der Waals surface area contributed by atoms with E-state index in [9.17, 15) is 9.59 Å². The molecule has 0 radical (unpaired) electrons. The van der Waals surface area contributed by atoms with Crippen molar-refractivity contribution < 1.29 is 28.5 Å². The fourth-order valence-corrected chi connectivity index (χ4v) is 2.69. The van der Waals surface area contributed by atoms with Crippen molar-refractivity contribution in [3.05, 3.63) is 10.4 Å². The minimum Gasteiger partial charge on any atom is -0.456 e. The lowest BCUT2D eigenvalue weighted by atomic mass is 10.1. The first-order chi connectivity index (χ1) is 12.0. The van der Waals surface area contributed by atoms with Gasteiger partial charge >= 0.3 is 11.9 Å². The van der Waals surface area contributed by atoms with E-state index in [1.807, 2.05) is 6.92 Å². The first-order valence-corrected chi connectivity index (χ1v) is 8.62. The van der Waals surface area contributed by atoms with Crippen LogP contribution in [0.1, 0.15) is 52.9 Å². The third-order valence-corrected chi connectivity index (χ3v) is 3.77. The number of hydrogen-bond donors (Lipinski definition) is 0. The second-order valence-electron chi connectivity index (χ2n) is 5.84. The molecule has 0 aromatic heterocycles. The van der Waals surface area contributed by atoms with Crippen molar-refractivity contribution in [2.45, 2.75) is 77.5 Å². The van der Waals surface area contributed by atoms with Crippen molar-refractivity contribution >= 4 is 11.9 Å². The third kappa shape index (κ3) is 7.72. The second-order valence-corrected chi connectivity index (χ2v) is 5.84. The van der Waals surface area contributed by atoms with Gasteiger partial charge in [-0.15, -0.1) is 0 Å². The Morgan fingerprint density at radius 3 is 2.32 bits per heavy atom. The Labute approximate surface area is 147 Å². The van der Waals surface area contributed by atoms with Crippen LogP contribution in [0.15, 0.2) is 5.11 Å². The highest BCUT2D eigenvalue weighted by molar-refractivity contribution is 5.67. The third-order valence-electron chi connectivity index (χ3n) is 3.77. The number of nitrogens with zero attached hydrogens (tertiary/aromatic N) is 3. The summed E-state index contributed by atoms with van der Waals surface area (Å²) in [6.45, 7) is 5.44. The summed E-state index contributed by atoms with van der Waals surface area (Å²) in [4.78, 5) is 25.4. The molecule has 9 heteroatoms. The van der Waals surface area contributed by atoms with Crippen molar-refractivity contribution in [2.24, 2.45) is 5.11 Å². The van der Waals surface area contributed by atoms with Gasteiger partial charge in [0.05, 0.1) is 0 Å². The lowest BCUT2D eigenvalue weighted by Crippen LogP contribution is -2.40. The highest BCUT2D eigenvalue weighted by atomic mass is 16.7. The van der Waals surface area contributed by atoms with E-state index in [0.29, 0.717) is 19.6 Å². The topological polar surface area (TPSA) is 120 Å². The number of unbranched alkanes of at least 4 members (excludes halogenated alkanes) is 3. The largest absolute Gasteiger partial charge is 0.456 e. The first-order valence-electron chi connectivity index (χ1n) is 8.62. The SMILES string of the molecule is CC[C@H]1O[C@@H](OCCCCCCN=[N+]=[N-])[C@@H](OC(C)=O)C1OC(C)=O. The molecule has 4 atom stereocenters. The van der Waals surface area contributed by atoms with Gasteiger partial charge in [0.15, 0.2) is 18.5 Å². The molecular weight excluding hydrogens is 330 g/mol. The number of azide groups is 1. The first kappa shape index (κ1) is 21.2. The zero-order valence-electron chi connectivity index (χ0n) is 15.1. The van der Waals surface area contributed by atoms with Gasteiger partial charge in [-0.25, -0.2) is 0 Å². The van der Waals surface area contributed by atoms with Crippen molar-refractivity contribution in [3.63, 3.8) is 0 Å². The molecule has 25 heavy (non-hydrogen) atoms. The van der Waals surface area contributed by atoms with Crippen molar-refractivity contribution in [2.75, 3.05) is 13.2 Å². The average Bonchev–Trinajstić information content (AvgIpc) is 2.86. The summed E-state index contributed by atoms with van der Waals surface area (Å²) in [5.74, 6) is -0.931. The van der Waals surface area contributed by atoms with E-state index in [1.165, 1.54) is 13.8 Å². The predicted molar refractivity (Wildman–Crippen MR) is 88.5 cm³/mol. The van der Waals surface area contributed by atoms with Crippen LogP contribution in [0.4, 0.5) is 0 Å². The highest BCUT2D eigenvalue weighted by Crippen LogP contribution is 2.29. The normalized spacial score (nSPS) is 25.2. The predicted octanol–water partition coefficient (Wildman–Crippen LogP) is 2.87. The molecule has 0 spiro atoms. The minimum atomic E-state index is -0.767. The standard InChI is InChI=1S/C16H27N3O6/c1-4-13-14(23-11(2)20)15(24-12(3)21)16(25-13)22-10-8-6-5-7-9-18-19-17/h13-16H,4-10H2,1-3H3/t13-,14?,15+,16-/m1/s1. The van der Waals surface area contributed by atoms with Gasteiger partial charge < -0.3 is 18.9 Å². The van der Waals surface area contributed by atoms with Gasteiger partial charge in [-0.05, 0) is 24.8 Å². The summed E-state index contributed by atoms with van der Waals surface area (Å²) in [6.07, 6.45) is 1.56. The Bertz CT molecular complexity index is 480. The summed E-state index contributed by atoms with van der Waals surface area (Å²) < 4.78 is 22.0. The lowest BCUT2D eigenvalue weighted by Gasteiger charge is -2.23. The average molecular weight is 357 g/mol. The Kier molecular flexibility index (Phi) is 9.91. The summed E-state index contributed by atoms with van der Waals surface area (Å²) in [7, 11) is 0. The molecule has 1 aliphatic rings. The van der Waals surface area contributed by atoms with Crippen LogP contribution in [0.25, 0.3) is 10.4 Å². The molecule has 0 amide bonds. The van der Waals surface area contributed by atoms with Crippen LogP contribution < -0.4 is 0 Å². The molecule has 1 heterocycles. The van der Waals surface area contributed by atoms with Crippen molar-refractivity contribution in [3.8, 4) is 0 Å². The maximum Gasteiger partial charge on any atom is 0.303 e. The maximum absolute atomic E-state index is 11.4. The van der Waals surface area contributed by atoms with Crippen LogP contribution in [-0.4, -0.2) is 49.7 Å². The number of esters is 2. The van der Waals surface area contributed by atoms with Crippen LogP contribution in [0.5, 0.6) is 0 Å². The molecule has 1 aliphatic heterocycles. The van der Waals surface area contributed by atoms with Gasteiger partial charge in [0, 0.05) is 31.9 Å². The number of rotatable bonds is 11. The van der Waals surface area contributed by atoms with E-state index in [1.54, 1.807) is 0 Å². The fourth-order valence-electron chi connectivity index (χ4n) is 2.69. The van der Waals surface area contributed by atoms with Crippen LogP contribution in [0.3, 0.4) is 0 Å². The fraction of sp³-hybridized carbons (Fsp3) is 0.875. The van der Waals surface area contributed by atoms with E-state index >= 15 is 0 Å². The molecule has 0 aromatic carbocycles. The smallest absolute Gasteiger partial charge is 0.303 e. The molecule has 1 unspecified atom stereocenters. The molecule has 9 nitrogen and oxygen atoms in total. The van der Waals surface area contributed by atoms with Gasteiger partial charge in [-0.3, -0.25) is 9.59 Å². The Balaban J connectivity index is 2.47. The monoisotopic (exact) mass is 357 g/mol. The Hall–Kier alpha value is -1.83. The van der Waals surface area contributed by atoms with Gasteiger partial charge in [-0.1, -0.05) is 24.9 Å². The van der Waals surface area contributed by atoms with Gasteiger partial charge in [0.2, 0.25) is 0 Å². The molecule has 0 aliphatic carbocycles. The Morgan fingerprint density at radius 2 is 1.72 bits per heavy atom. The van der Waals surface area contributed by atoms with Crippen molar-refractivity contribution in [1.82, 2.24) is 0 Å². The van der Waals surface area contributed by atoms with Crippen molar-refractivity contribution in [1.29, 1.82) is 0 Å². The molecular formula is C16H27N3O6. The van der Waals surface area contributed by atoms with Gasteiger partial charge in [0.25, 0.3) is 0 Å². The zero-order chi connectivity index (χ0) is 18.7. The van der Waals surface area contributed by atoms with E-state index in [0.717, 1.165) is 25.7 Å². The summed E-state index contributed by atoms with van der Waals surface area (Å²) >= 11 is 0. The summed E-state index contributed by atoms with van der Waals surface area (Å²) in [5.41, 5.74) is 8.19. The maximum atomic E-state index is 11.4. The van der Waals surface area contributed by atoms with Gasteiger partial charge in [0.1, 0.15) is 6.10 Å². The number of carbonyl (C=O) groups is 2. The summed E-state index contributed by atoms with van der Waals surface area (Å²) in [5, 5.41) is 3.48. The number of hydrogen-bond acceptors (Lipinski definition) is 7. The quantitative estimate of drug-likeness (QED) is 0.184. The Morgan fingerprint density at radius 1 is 1.08 bits per heavy atom. The number of ether oxygens (including phenoxy) is 4. The molecule has 142 valence electrons. The molecule has 1 fully saturated rings. The van der Waals surface area contributed by atoms with E-state index < -0.39 is 30.4 Å². The molecule has 0 bridgehead atoms. The molecule has 1 saturated heterocycles. The van der Waals surface area contributed by atoms with Crippen LogP contribution in [0, 0.1) is 0 Å². The summed E-state index contributed by atoms with van der Waals surface area (Å²) in [6, 6.07) is 0. The van der Waals surface area contributed by atoms with Crippen LogP contribution >= 0.6 is 0 Å². The second kappa shape index (κ2) is 11.7. The highest BCUT2D eigenvalue weighted by Gasteiger charge is 2.48.